The molecule has 1 atom stereocenters. The molecule has 5 heteroatoms. The van der Waals surface area contributed by atoms with Gasteiger partial charge in [0.1, 0.15) is 11.9 Å². The third-order valence-corrected chi connectivity index (χ3v) is 2.75. The summed E-state index contributed by atoms with van der Waals surface area (Å²) in [5.41, 5.74) is 1.46. The van der Waals surface area contributed by atoms with Gasteiger partial charge >= 0.3 is 0 Å². The predicted molar refractivity (Wildman–Crippen MR) is 76.3 cm³/mol. The summed E-state index contributed by atoms with van der Waals surface area (Å²) in [6.07, 6.45) is 1.39. The molecule has 0 aromatic heterocycles. The van der Waals surface area contributed by atoms with Crippen LogP contribution in [-0.2, 0) is 9.59 Å². The van der Waals surface area contributed by atoms with Gasteiger partial charge in [-0.1, -0.05) is 12.1 Å². The van der Waals surface area contributed by atoms with Crippen molar-refractivity contribution in [2.75, 3.05) is 6.54 Å². The van der Waals surface area contributed by atoms with Crippen LogP contribution >= 0.6 is 0 Å². The molecular formula is C15H19FN2O2. The summed E-state index contributed by atoms with van der Waals surface area (Å²) in [6, 6.07) is 5.27. The Morgan fingerprint density at radius 1 is 1.30 bits per heavy atom. The molecule has 0 saturated heterocycles. The van der Waals surface area contributed by atoms with Crippen LogP contribution in [0, 0.1) is 5.82 Å². The van der Waals surface area contributed by atoms with Gasteiger partial charge in [0.2, 0.25) is 11.8 Å². The SMILES string of the molecule is CCNC(=O)C(C)NC(=O)C=C(C)c1ccc(F)cc1. The smallest absolute Gasteiger partial charge is 0.244 e. The molecule has 2 N–H and O–H groups in total. The third kappa shape index (κ3) is 4.84. The Morgan fingerprint density at radius 2 is 1.90 bits per heavy atom. The minimum atomic E-state index is -0.597. The molecule has 1 rings (SSSR count). The molecule has 20 heavy (non-hydrogen) atoms. The van der Waals surface area contributed by atoms with Crippen molar-refractivity contribution in [3.05, 3.63) is 41.7 Å². The van der Waals surface area contributed by atoms with Crippen molar-refractivity contribution in [2.24, 2.45) is 0 Å². The lowest BCUT2D eigenvalue weighted by Gasteiger charge is -2.12. The molecule has 1 aromatic carbocycles. The monoisotopic (exact) mass is 278 g/mol. The fraction of sp³-hybridized carbons (Fsp3) is 0.333. The van der Waals surface area contributed by atoms with E-state index in [1.807, 2.05) is 6.92 Å². The number of amides is 2. The highest BCUT2D eigenvalue weighted by Crippen LogP contribution is 2.13. The van der Waals surface area contributed by atoms with Gasteiger partial charge in [-0.25, -0.2) is 4.39 Å². The molecule has 1 unspecified atom stereocenters. The van der Waals surface area contributed by atoms with E-state index in [2.05, 4.69) is 10.6 Å². The Kier molecular flexibility index (Phi) is 5.90. The zero-order valence-electron chi connectivity index (χ0n) is 11.9. The summed E-state index contributed by atoms with van der Waals surface area (Å²) in [4.78, 5) is 23.3. The number of halogens is 1. The number of hydrogen-bond donors (Lipinski definition) is 2. The molecule has 108 valence electrons. The second-order valence-electron chi connectivity index (χ2n) is 4.46. The lowest BCUT2D eigenvalue weighted by molar-refractivity contribution is -0.126. The van der Waals surface area contributed by atoms with E-state index in [4.69, 9.17) is 0 Å². The summed E-state index contributed by atoms with van der Waals surface area (Å²) in [7, 11) is 0. The van der Waals surface area contributed by atoms with Crippen LogP contribution in [0.25, 0.3) is 5.57 Å². The second kappa shape index (κ2) is 7.43. The van der Waals surface area contributed by atoms with Crippen LogP contribution in [0.4, 0.5) is 4.39 Å². The highest BCUT2D eigenvalue weighted by Gasteiger charge is 2.13. The van der Waals surface area contributed by atoms with Crippen molar-refractivity contribution < 1.29 is 14.0 Å². The number of nitrogens with one attached hydrogen (secondary N) is 2. The maximum atomic E-state index is 12.8. The standard InChI is InChI=1S/C15H19FN2O2/c1-4-17-15(20)11(3)18-14(19)9-10(2)12-5-7-13(16)8-6-12/h5-9,11H,4H2,1-3H3,(H,17,20)(H,18,19). The van der Waals surface area contributed by atoms with E-state index in [-0.39, 0.29) is 17.6 Å². The van der Waals surface area contributed by atoms with Gasteiger partial charge in [-0.05, 0) is 44.0 Å². The van der Waals surface area contributed by atoms with Gasteiger partial charge < -0.3 is 10.6 Å². The number of hydrogen-bond acceptors (Lipinski definition) is 2. The van der Waals surface area contributed by atoms with Gasteiger partial charge in [0, 0.05) is 12.6 Å². The second-order valence-corrected chi connectivity index (χ2v) is 4.46. The molecule has 0 bridgehead atoms. The van der Waals surface area contributed by atoms with E-state index in [0.717, 1.165) is 5.56 Å². The van der Waals surface area contributed by atoms with Crippen molar-refractivity contribution in [3.63, 3.8) is 0 Å². The number of allylic oxidation sites excluding steroid dienone is 1. The first-order chi connectivity index (χ1) is 9.43. The molecule has 0 heterocycles. The van der Waals surface area contributed by atoms with Crippen molar-refractivity contribution in [1.82, 2.24) is 10.6 Å². The normalized spacial score (nSPS) is 12.7. The van der Waals surface area contributed by atoms with Gasteiger partial charge in [0.25, 0.3) is 0 Å². The van der Waals surface area contributed by atoms with Crippen LogP contribution < -0.4 is 10.6 Å². The minimum absolute atomic E-state index is 0.228. The van der Waals surface area contributed by atoms with Crippen LogP contribution in [0.2, 0.25) is 0 Å². The largest absolute Gasteiger partial charge is 0.355 e. The molecular weight excluding hydrogens is 259 g/mol. The first kappa shape index (κ1) is 15.9. The summed E-state index contributed by atoms with van der Waals surface area (Å²) in [5, 5.41) is 5.20. The first-order valence-corrected chi connectivity index (χ1v) is 6.46. The lowest BCUT2D eigenvalue weighted by Crippen LogP contribution is -2.44. The van der Waals surface area contributed by atoms with E-state index in [1.54, 1.807) is 26.0 Å². The number of carbonyl (C=O) groups excluding carboxylic acids is 2. The lowest BCUT2D eigenvalue weighted by atomic mass is 10.1. The Morgan fingerprint density at radius 3 is 2.45 bits per heavy atom. The molecule has 0 radical (unpaired) electrons. The summed E-state index contributed by atoms with van der Waals surface area (Å²) in [5.74, 6) is -0.907. The molecule has 0 saturated carbocycles. The summed E-state index contributed by atoms with van der Waals surface area (Å²) in [6.45, 7) is 5.70. The summed E-state index contributed by atoms with van der Waals surface area (Å²) < 4.78 is 12.8. The van der Waals surface area contributed by atoms with E-state index in [0.29, 0.717) is 12.1 Å². The van der Waals surface area contributed by atoms with Gasteiger partial charge in [-0.3, -0.25) is 9.59 Å². The van der Waals surface area contributed by atoms with Gasteiger partial charge in [-0.15, -0.1) is 0 Å². The number of benzene rings is 1. The number of likely N-dealkylation sites (N-methyl/N-ethyl adjacent to an activating group) is 1. The van der Waals surface area contributed by atoms with E-state index in [9.17, 15) is 14.0 Å². The van der Waals surface area contributed by atoms with Crippen LogP contribution in [-0.4, -0.2) is 24.4 Å². The average molecular weight is 278 g/mol. The number of carbonyl (C=O) groups is 2. The third-order valence-electron chi connectivity index (χ3n) is 2.75. The number of rotatable bonds is 5. The molecule has 4 nitrogen and oxygen atoms in total. The van der Waals surface area contributed by atoms with Crippen molar-refractivity contribution in [3.8, 4) is 0 Å². The molecule has 0 aliphatic rings. The molecule has 0 aliphatic heterocycles. The Labute approximate surface area is 118 Å². The van der Waals surface area contributed by atoms with Crippen molar-refractivity contribution in [2.45, 2.75) is 26.8 Å². The quantitative estimate of drug-likeness (QED) is 0.808. The zero-order valence-corrected chi connectivity index (χ0v) is 11.9. The Balaban J connectivity index is 2.66. The molecule has 0 aliphatic carbocycles. The Bertz CT molecular complexity index is 509. The van der Waals surface area contributed by atoms with Crippen LogP contribution in [0.5, 0.6) is 0 Å². The summed E-state index contributed by atoms with van der Waals surface area (Å²) >= 11 is 0. The fourth-order valence-electron chi connectivity index (χ4n) is 1.64. The van der Waals surface area contributed by atoms with Gasteiger partial charge in [-0.2, -0.15) is 0 Å². The first-order valence-electron chi connectivity index (χ1n) is 6.46. The maximum absolute atomic E-state index is 12.8. The Hall–Kier alpha value is -2.17. The highest BCUT2D eigenvalue weighted by molar-refractivity contribution is 5.97. The zero-order chi connectivity index (χ0) is 15.1. The van der Waals surface area contributed by atoms with Gasteiger partial charge in [0.15, 0.2) is 0 Å². The van der Waals surface area contributed by atoms with Crippen LogP contribution in [0.3, 0.4) is 0 Å². The molecule has 2 amide bonds. The van der Waals surface area contributed by atoms with E-state index >= 15 is 0 Å². The van der Waals surface area contributed by atoms with Crippen LogP contribution in [0.15, 0.2) is 30.3 Å². The van der Waals surface area contributed by atoms with Crippen molar-refractivity contribution in [1.29, 1.82) is 0 Å². The maximum Gasteiger partial charge on any atom is 0.244 e. The van der Waals surface area contributed by atoms with E-state index in [1.165, 1.54) is 18.2 Å². The molecule has 1 aromatic rings. The fourth-order valence-corrected chi connectivity index (χ4v) is 1.64. The van der Waals surface area contributed by atoms with Crippen LogP contribution in [0.1, 0.15) is 26.3 Å². The topological polar surface area (TPSA) is 58.2 Å². The average Bonchev–Trinajstić information content (AvgIpc) is 2.39. The minimum Gasteiger partial charge on any atom is -0.355 e. The molecule has 0 fully saturated rings. The van der Waals surface area contributed by atoms with Gasteiger partial charge in [0.05, 0.1) is 0 Å². The molecule has 0 spiro atoms. The highest BCUT2D eigenvalue weighted by atomic mass is 19.1. The van der Waals surface area contributed by atoms with E-state index < -0.39 is 6.04 Å². The van der Waals surface area contributed by atoms with Crippen molar-refractivity contribution >= 4 is 17.4 Å². The predicted octanol–water partition coefficient (Wildman–Crippen LogP) is 1.87.